The van der Waals surface area contributed by atoms with Crippen LogP contribution in [0.1, 0.15) is 16.7 Å². The lowest BCUT2D eigenvalue weighted by Crippen LogP contribution is -2.32. The normalized spacial score (nSPS) is 14.7. The van der Waals surface area contributed by atoms with Gasteiger partial charge in [0.2, 0.25) is 5.75 Å². The summed E-state index contributed by atoms with van der Waals surface area (Å²) in [4.78, 5) is 36.8. The second-order valence-corrected chi connectivity index (χ2v) is 10.1. The SMILES string of the molecule is Cc1ccc(OCCN2C(=O)S/C(=C\c3ccc(Oc4ccc(C(F)(F)F)cc4[N+](=O)[O-])c(Br)c3)C2=O)cc1. The van der Waals surface area contributed by atoms with E-state index in [4.69, 9.17) is 9.47 Å². The van der Waals surface area contributed by atoms with E-state index in [2.05, 4.69) is 15.9 Å². The number of nitro groups is 1. The minimum Gasteiger partial charge on any atom is -0.492 e. The average Bonchev–Trinajstić information content (AvgIpc) is 3.13. The number of thioether (sulfide) groups is 1. The summed E-state index contributed by atoms with van der Waals surface area (Å²) in [5.74, 6) is -0.141. The van der Waals surface area contributed by atoms with Crippen LogP contribution in [0, 0.1) is 17.0 Å². The highest BCUT2D eigenvalue weighted by atomic mass is 79.9. The number of alkyl halides is 3. The number of halogens is 4. The van der Waals surface area contributed by atoms with Gasteiger partial charge in [0.05, 0.1) is 26.4 Å². The Balaban J connectivity index is 1.45. The van der Waals surface area contributed by atoms with Crippen LogP contribution in [-0.4, -0.2) is 34.1 Å². The van der Waals surface area contributed by atoms with Crippen LogP contribution in [0.2, 0.25) is 0 Å². The molecule has 2 amide bonds. The molecule has 0 bridgehead atoms. The quantitative estimate of drug-likeness (QED) is 0.145. The molecular formula is C26H18BrF3N2O6S. The first-order valence-corrected chi connectivity index (χ1v) is 12.8. The van der Waals surface area contributed by atoms with E-state index >= 15 is 0 Å². The number of nitrogens with zero attached hydrogens (tertiary/aromatic N) is 2. The molecule has 0 aliphatic carbocycles. The van der Waals surface area contributed by atoms with Gasteiger partial charge in [0.1, 0.15) is 18.1 Å². The van der Waals surface area contributed by atoms with E-state index in [1.54, 1.807) is 18.2 Å². The minimum absolute atomic E-state index is 0.0677. The summed E-state index contributed by atoms with van der Waals surface area (Å²) in [6.07, 6.45) is -3.25. The number of ether oxygens (including phenoxy) is 2. The highest BCUT2D eigenvalue weighted by Gasteiger charge is 2.35. The molecule has 1 aliphatic rings. The molecule has 1 fully saturated rings. The zero-order valence-electron chi connectivity index (χ0n) is 20.0. The zero-order chi connectivity index (χ0) is 28.3. The first kappa shape index (κ1) is 28.2. The molecule has 0 atom stereocenters. The Morgan fingerprint density at radius 1 is 1.05 bits per heavy atom. The minimum atomic E-state index is -4.75. The van der Waals surface area contributed by atoms with Crippen molar-refractivity contribution in [2.75, 3.05) is 13.2 Å². The maximum absolute atomic E-state index is 13.0. The Bertz CT molecular complexity index is 1480. The van der Waals surface area contributed by atoms with Gasteiger partial charge in [-0.3, -0.25) is 24.6 Å². The Labute approximate surface area is 232 Å². The molecule has 4 rings (SSSR count). The molecule has 202 valence electrons. The van der Waals surface area contributed by atoms with E-state index in [-0.39, 0.29) is 29.6 Å². The van der Waals surface area contributed by atoms with Gasteiger partial charge in [-0.25, -0.2) is 0 Å². The number of carbonyl (C=O) groups is 2. The van der Waals surface area contributed by atoms with E-state index < -0.39 is 33.5 Å². The van der Waals surface area contributed by atoms with Crippen molar-refractivity contribution in [1.82, 2.24) is 4.90 Å². The maximum Gasteiger partial charge on any atom is 0.416 e. The van der Waals surface area contributed by atoms with Crippen LogP contribution in [0.3, 0.4) is 0 Å². The van der Waals surface area contributed by atoms with Crippen LogP contribution in [0.25, 0.3) is 6.08 Å². The number of amides is 2. The Morgan fingerprint density at radius 2 is 1.74 bits per heavy atom. The molecule has 0 unspecified atom stereocenters. The number of hydrogen-bond acceptors (Lipinski definition) is 7. The summed E-state index contributed by atoms with van der Waals surface area (Å²) in [7, 11) is 0. The maximum atomic E-state index is 13.0. The van der Waals surface area contributed by atoms with Gasteiger partial charge in [-0.2, -0.15) is 13.2 Å². The molecule has 3 aromatic carbocycles. The van der Waals surface area contributed by atoms with Crippen molar-refractivity contribution in [1.29, 1.82) is 0 Å². The van der Waals surface area contributed by atoms with E-state index in [1.807, 2.05) is 19.1 Å². The van der Waals surface area contributed by atoms with Crippen LogP contribution in [-0.2, 0) is 11.0 Å². The van der Waals surface area contributed by atoms with Crippen LogP contribution >= 0.6 is 27.7 Å². The van der Waals surface area contributed by atoms with Gasteiger partial charge in [-0.1, -0.05) is 23.8 Å². The van der Waals surface area contributed by atoms with Gasteiger partial charge >= 0.3 is 11.9 Å². The van der Waals surface area contributed by atoms with Gasteiger partial charge in [0, 0.05) is 6.07 Å². The second-order valence-electron chi connectivity index (χ2n) is 8.22. The van der Waals surface area contributed by atoms with Crippen LogP contribution in [0.5, 0.6) is 17.2 Å². The summed E-state index contributed by atoms with van der Waals surface area (Å²) in [5.41, 5.74) is -0.435. The van der Waals surface area contributed by atoms with Crippen molar-refractivity contribution in [3.05, 3.63) is 96.8 Å². The largest absolute Gasteiger partial charge is 0.492 e. The molecule has 0 saturated carbocycles. The molecule has 0 radical (unpaired) electrons. The molecule has 0 aromatic heterocycles. The lowest BCUT2D eigenvalue weighted by molar-refractivity contribution is -0.385. The lowest BCUT2D eigenvalue weighted by atomic mass is 10.1. The van der Waals surface area contributed by atoms with Gasteiger partial charge in [0.15, 0.2) is 0 Å². The number of rotatable bonds is 8. The molecular weight excluding hydrogens is 605 g/mol. The van der Waals surface area contributed by atoms with Crippen molar-refractivity contribution in [2.24, 2.45) is 0 Å². The first-order chi connectivity index (χ1) is 18.4. The first-order valence-electron chi connectivity index (χ1n) is 11.2. The van der Waals surface area contributed by atoms with E-state index in [0.717, 1.165) is 28.3 Å². The summed E-state index contributed by atoms with van der Waals surface area (Å²) < 4.78 is 50.3. The molecule has 39 heavy (non-hydrogen) atoms. The molecule has 3 aromatic rings. The molecule has 1 saturated heterocycles. The van der Waals surface area contributed by atoms with E-state index in [1.165, 1.54) is 18.2 Å². The number of aryl methyl sites for hydroxylation is 1. The number of nitro benzene ring substituents is 1. The van der Waals surface area contributed by atoms with Gasteiger partial charge in [0.25, 0.3) is 11.1 Å². The number of hydrogen-bond donors (Lipinski definition) is 0. The van der Waals surface area contributed by atoms with Crippen LogP contribution < -0.4 is 9.47 Å². The topological polar surface area (TPSA) is 99.0 Å². The van der Waals surface area contributed by atoms with E-state index in [9.17, 15) is 32.9 Å². The number of imide groups is 1. The van der Waals surface area contributed by atoms with Gasteiger partial charge < -0.3 is 9.47 Å². The Kier molecular flexibility index (Phi) is 8.31. The lowest BCUT2D eigenvalue weighted by Gasteiger charge is -2.13. The summed E-state index contributed by atoms with van der Waals surface area (Å²) in [5, 5.41) is 10.9. The predicted octanol–water partition coefficient (Wildman–Crippen LogP) is 7.59. The third-order valence-electron chi connectivity index (χ3n) is 5.43. The Morgan fingerprint density at radius 3 is 2.38 bits per heavy atom. The number of carbonyl (C=O) groups excluding carboxylic acids is 2. The van der Waals surface area contributed by atoms with Gasteiger partial charge in [-0.05, 0) is 82.7 Å². The molecule has 0 spiro atoms. The summed E-state index contributed by atoms with van der Waals surface area (Å²) in [6, 6.07) is 13.8. The van der Waals surface area contributed by atoms with Gasteiger partial charge in [-0.15, -0.1) is 0 Å². The highest BCUT2D eigenvalue weighted by Crippen LogP contribution is 2.40. The predicted molar refractivity (Wildman–Crippen MR) is 142 cm³/mol. The third kappa shape index (κ3) is 6.79. The fourth-order valence-corrected chi connectivity index (χ4v) is 4.81. The fraction of sp³-hybridized carbons (Fsp3) is 0.154. The van der Waals surface area contributed by atoms with Crippen LogP contribution in [0.15, 0.2) is 70.0 Å². The summed E-state index contributed by atoms with van der Waals surface area (Å²) >= 11 is 4.05. The molecule has 0 N–H and O–H groups in total. The standard InChI is InChI=1S/C26H18BrF3N2O6S/c1-15-2-6-18(7-3-15)37-11-10-31-24(33)23(39-25(31)34)13-16-4-8-21(19(27)12-16)38-22-9-5-17(26(28,29)30)14-20(22)32(35)36/h2-9,12-14H,10-11H2,1H3/b23-13-. The highest BCUT2D eigenvalue weighted by molar-refractivity contribution is 9.10. The third-order valence-corrected chi connectivity index (χ3v) is 6.96. The van der Waals surface area contributed by atoms with Crippen molar-refractivity contribution in [2.45, 2.75) is 13.1 Å². The smallest absolute Gasteiger partial charge is 0.416 e. The average molecular weight is 623 g/mol. The molecule has 1 aliphatic heterocycles. The molecule has 13 heteroatoms. The molecule has 1 heterocycles. The van der Waals surface area contributed by atoms with Crippen molar-refractivity contribution in [3.63, 3.8) is 0 Å². The number of benzene rings is 3. The summed E-state index contributed by atoms with van der Waals surface area (Å²) in [6.45, 7) is 2.14. The second kappa shape index (κ2) is 11.5. The zero-order valence-corrected chi connectivity index (χ0v) is 22.4. The van der Waals surface area contributed by atoms with Crippen LogP contribution in [0.4, 0.5) is 23.7 Å². The van der Waals surface area contributed by atoms with Crippen molar-refractivity contribution in [3.8, 4) is 17.2 Å². The van der Waals surface area contributed by atoms with Crippen molar-refractivity contribution >= 4 is 50.6 Å². The fourth-order valence-electron chi connectivity index (χ4n) is 3.46. The Hall–Kier alpha value is -3.84. The monoisotopic (exact) mass is 622 g/mol. The van der Waals surface area contributed by atoms with E-state index in [0.29, 0.717) is 27.9 Å². The molecule has 8 nitrogen and oxygen atoms in total. The van der Waals surface area contributed by atoms with Crippen molar-refractivity contribution < 1.29 is 37.2 Å².